The van der Waals surface area contributed by atoms with Crippen LogP contribution in [0.15, 0.2) is 24.3 Å². The molecular formula is C18H24O. The monoisotopic (exact) mass is 256 g/mol. The standard InChI is InChI=1S/C18H24O/c19-12-18-10-3-6-17(18)16-8-7-13-4-1-2-5-14(13)15(16)9-11-18/h1-2,4-5,15-17,19H,3,6-12H2/t15-,16-,17+,18+/m1/s1. The van der Waals surface area contributed by atoms with E-state index in [0.29, 0.717) is 12.0 Å². The van der Waals surface area contributed by atoms with E-state index in [1.807, 2.05) is 0 Å². The van der Waals surface area contributed by atoms with Crippen molar-refractivity contribution in [2.45, 2.75) is 50.9 Å². The molecule has 0 spiro atoms. The number of fused-ring (bicyclic) bond motifs is 5. The molecule has 19 heavy (non-hydrogen) atoms. The van der Waals surface area contributed by atoms with Gasteiger partial charge in [-0.2, -0.15) is 0 Å². The summed E-state index contributed by atoms with van der Waals surface area (Å²) in [4.78, 5) is 0. The first kappa shape index (κ1) is 12.0. The summed E-state index contributed by atoms with van der Waals surface area (Å²) in [6, 6.07) is 9.10. The molecule has 4 rings (SSSR count). The van der Waals surface area contributed by atoms with E-state index in [1.54, 1.807) is 11.1 Å². The van der Waals surface area contributed by atoms with Gasteiger partial charge in [0.05, 0.1) is 0 Å². The van der Waals surface area contributed by atoms with Crippen LogP contribution in [-0.4, -0.2) is 11.7 Å². The van der Waals surface area contributed by atoms with Gasteiger partial charge in [0.1, 0.15) is 0 Å². The molecule has 1 aromatic carbocycles. The van der Waals surface area contributed by atoms with Gasteiger partial charge in [-0.05, 0) is 72.8 Å². The van der Waals surface area contributed by atoms with Crippen molar-refractivity contribution < 1.29 is 5.11 Å². The Hall–Kier alpha value is -0.820. The number of aryl methyl sites for hydroxylation is 1. The highest BCUT2D eigenvalue weighted by Gasteiger charge is 2.52. The average molecular weight is 256 g/mol. The average Bonchev–Trinajstić information content (AvgIpc) is 2.91. The molecule has 0 aliphatic heterocycles. The van der Waals surface area contributed by atoms with Gasteiger partial charge in [-0.25, -0.2) is 0 Å². The fourth-order valence-corrected chi connectivity index (χ4v) is 5.59. The molecule has 0 radical (unpaired) electrons. The summed E-state index contributed by atoms with van der Waals surface area (Å²) in [5, 5.41) is 9.94. The zero-order valence-electron chi connectivity index (χ0n) is 11.6. The lowest BCUT2D eigenvalue weighted by atomic mass is 9.55. The highest BCUT2D eigenvalue weighted by Crippen LogP contribution is 2.60. The molecule has 0 unspecified atom stereocenters. The van der Waals surface area contributed by atoms with Crippen LogP contribution in [0.5, 0.6) is 0 Å². The molecule has 2 saturated carbocycles. The lowest BCUT2D eigenvalue weighted by Crippen LogP contribution is -2.43. The van der Waals surface area contributed by atoms with Gasteiger partial charge in [0, 0.05) is 6.61 Å². The third-order valence-corrected chi connectivity index (χ3v) is 6.48. The van der Waals surface area contributed by atoms with Crippen LogP contribution in [0.2, 0.25) is 0 Å². The van der Waals surface area contributed by atoms with Crippen molar-refractivity contribution in [3.8, 4) is 0 Å². The minimum absolute atomic E-state index is 0.299. The van der Waals surface area contributed by atoms with Crippen molar-refractivity contribution in [1.82, 2.24) is 0 Å². The second kappa shape index (κ2) is 4.34. The maximum absolute atomic E-state index is 9.94. The number of hydrogen-bond acceptors (Lipinski definition) is 1. The quantitative estimate of drug-likeness (QED) is 0.808. The molecule has 1 heteroatoms. The smallest absolute Gasteiger partial charge is 0.0490 e. The lowest BCUT2D eigenvalue weighted by Gasteiger charge is -2.50. The zero-order valence-corrected chi connectivity index (χ0v) is 11.6. The first-order valence-electron chi connectivity index (χ1n) is 8.03. The van der Waals surface area contributed by atoms with E-state index in [0.717, 1.165) is 17.8 Å². The summed E-state index contributed by atoms with van der Waals surface area (Å²) in [5.41, 5.74) is 3.53. The van der Waals surface area contributed by atoms with Crippen molar-refractivity contribution >= 4 is 0 Å². The Kier molecular flexibility index (Phi) is 2.73. The molecule has 4 atom stereocenters. The number of rotatable bonds is 1. The Balaban J connectivity index is 1.71. The summed E-state index contributed by atoms with van der Waals surface area (Å²) in [6.07, 6.45) is 9.16. The second-order valence-corrected chi connectivity index (χ2v) is 7.07. The van der Waals surface area contributed by atoms with Crippen LogP contribution in [0.4, 0.5) is 0 Å². The Morgan fingerprint density at radius 1 is 1.11 bits per heavy atom. The Labute approximate surface area is 116 Å². The van der Waals surface area contributed by atoms with Crippen LogP contribution in [0.25, 0.3) is 0 Å². The predicted octanol–water partition coefficient (Wildman–Crippen LogP) is 3.91. The van der Waals surface area contributed by atoms with E-state index in [4.69, 9.17) is 0 Å². The van der Waals surface area contributed by atoms with Crippen LogP contribution in [-0.2, 0) is 6.42 Å². The minimum atomic E-state index is 0.299. The summed E-state index contributed by atoms with van der Waals surface area (Å²) in [7, 11) is 0. The Morgan fingerprint density at radius 2 is 2.00 bits per heavy atom. The largest absolute Gasteiger partial charge is 0.396 e. The highest BCUT2D eigenvalue weighted by atomic mass is 16.3. The zero-order chi connectivity index (χ0) is 12.9. The summed E-state index contributed by atoms with van der Waals surface area (Å²) in [6.45, 7) is 0.433. The van der Waals surface area contributed by atoms with Crippen molar-refractivity contribution in [3.63, 3.8) is 0 Å². The predicted molar refractivity (Wildman–Crippen MR) is 77.1 cm³/mol. The van der Waals surface area contributed by atoms with Crippen molar-refractivity contribution in [2.24, 2.45) is 17.3 Å². The van der Waals surface area contributed by atoms with Gasteiger partial charge in [-0.1, -0.05) is 30.7 Å². The summed E-state index contributed by atoms with van der Waals surface area (Å²) >= 11 is 0. The number of hydrogen-bond donors (Lipinski definition) is 1. The first-order chi connectivity index (χ1) is 9.34. The van der Waals surface area contributed by atoms with Crippen molar-refractivity contribution in [1.29, 1.82) is 0 Å². The van der Waals surface area contributed by atoms with Gasteiger partial charge < -0.3 is 5.11 Å². The molecule has 3 aliphatic rings. The van der Waals surface area contributed by atoms with E-state index in [-0.39, 0.29) is 0 Å². The molecule has 1 nitrogen and oxygen atoms in total. The summed E-state index contributed by atoms with van der Waals surface area (Å²) < 4.78 is 0. The van der Waals surface area contributed by atoms with Gasteiger partial charge >= 0.3 is 0 Å². The topological polar surface area (TPSA) is 20.2 Å². The molecule has 2 fully saturated rings. The fourth-order valence-electron chi connectivity index (χ4n) is 5.59. The van der Waals surface area contributed by atoms with Crippen molar-refractivity contribution in [3.05, 3.63) is 35.4 Å². The second-order valence-electron chi connectivity index (χ2n) is 7.07. The van der Waals surface area contributed by atoms with Gasteiger partial charge in [-0.3, -0.25) is 0 Å². The van der Waals surface area contributed by atoms with Crippen molar-refractivity contribution in [2.75, 3.05) is 6.61 Å². The molecule has 102 valence electrons. The third kappa shape index (κ3) is 1.64. The molecule has 0 heterocycles. The SMILES string of the molecule is OC[C@@]12CCC[C@H]1[C@@H]1CCc3ccccc3[C@H]1CC2. The van der Waals surface area contributed by atoms with Crippen LogP contribution < -0.4 is 0 Å². The lowest BCUT2D eigenvalue weighted by molar-refractivity contribution is -0.00367. The Morgan fingerprint density at radius 3 is 2.89 bits per heavy atom. The number of benzene rings is 1. The van der Waals surface area contributed by atoms with E-state index in [1.165, 1.54) is 44.9 Å². The van der Waals surface area contributed by atoms with Crippen LogP contribution in [0.3, 0.4) is 0 Å². The molecular weight excluding hydrogens is 232 g/mol. The third-order valence-electron chi connectivity index (χ3n) is 6.48. The highest BCUT2D eigenvalue weighted by molar-refractivity contribution is 5.34. The minimum Gasteiger partial charge on any atom is -0.396 e. The van der Waals surface area contributed by atoms with E-state index in [2.05, 4.69) is 24.3 Å². The number of aliphatic hydroxyl groups excluding tert-OH is 1. The van der Waals surface area contributed by atoms with Gasteiger partial charge in [-0.15, -0.1) is 0 Å². The van der Waals surface area contributed by atoms with Crippen LogP contribution in [0.1, 0.15) is 55.6 Å². The van der Waals surface area contributed by atoms with Crippen LogP contribution in [0, 0.1) is 17.3 Å². The van der Waals surface area contributed by atoms with E-state index in [9.17, 15) is 5.11 Å². The summed E-state index contributed by atoms with van der Waals surface area (Å²) in [5.74, 6) is 2.43. The number of aliphatic hydroxyl groups is 1. The van der Waals surface area contributed by atoms with E-state index < -0.39 is 0 Å². The molecule has 0 saturated heterocycles. The van der Waals surface area contributed by atoms with Gasteiger partial charge in [0.2, 0.25) is 0 Å². The Bertz CT molecular complexity index is 480. The molecule has 0 amide bonds. The van der Waals surface area contributed by atoms with Gasteiger partial charge in [0.15, 0.2) is 0 Å². The fraction of sp³-hybridized carbons (Fsp3) is 0.667. The molecule has 0 bridgehead atoms. The molecule has 0 aromatic heterocycles. The van der Waals surface area contributed by atoms with E-state index >= 15 is 0 Å². The normalized spacial score (nSPS) is 40.4. The first-order valence-corrected chi connectivity index (χ1v) is 8.03. The molecule has 3 aliphatic carbocycles. The van der Waals surface area contributed by atoms with Gasteiger partial charge in [0.25, 0.3) is 0 Å². The maximum atomic E-state index is 9.94. The molecule has 1 N–H and O–H groups in total. The van der Waals surface area contributed by atoms with Crippen LogP contribution >= 0.6 is 0 Å². The molecule has 1 aromatic rings. The maximum Gasteiger partial charge on any atom is 0.0490 e.